The van der Waals surface area contributed by atoms with Gasteiger partial charge in [-0.05, 0) is 50.8 Å². The second-order valence-corrected chi connectivity index (χ2v) is 10.4. The van der Waals surface area contributed by atoms with Crippen molar-refractivity contribution in [3.05, 3.63) is 76.9 Å². The van der Waals surface area contributed by atoms with E-state index in [-0.39, 0.29) is 29.6 Å². The van der Waals surface area contributed by atoms with Crippen LogP contribution < -0.4 is 5.32 Å². The van der Waals surface area contributed by atoms with Crippen LogP contribution >= 0.6 is 0 Å². The van der Waals surface area contributed by atoms with Crippen molar-refractivity contribution in [1.29, 1.82) is 0 Å². The molecule has 2 aliphatic heterocycles. The van der Waals surface area contributed by atoms with Gasteiger partial charge in [-0.25, -0.2) is 4.79 Å². The number of amides is 1. The van der Waals surface area contributed by atoms with Gasteiger partial charge in [0.1, 0.15) is 5.60 Å². The number of benzene rings is 2. The number of carbonyl (C=O) groups excluding carboxylic acids is 4. The maximum atomic E-state index is 12.8. The van der Waals surface area contributed by atoms with E-state index in [9.17, 15) is 19.2 Å². The first-order chi connectivity index (χ1) is 18.6. The van der Waals surface area contributed by atoms with Crippen LogP contribution in [0.2, 0.25) is 0 Å². The maximum absolute atomic E-state index is 12.8. The quantitative estimate of drug-likeness (QED) is 0.225. The van der Waals surface area contributed by atoms with Crippen molar-refractivity contribution in [2.24, 2.45) is 5.16 Å². The van der Waals surface area contributed by atoms with Crippen molar-refractivity contribution in [2.45, 2.75) is 57.8 Å². The van der Waals surface area contributed by atoms with Crippen molar-refractivity contribution >= 4 is 35.2 Å². The maximum Gasteiger partial charge on any atom is 0.351 e. The van der Waals surface area contributed by atoms with Crippen molar-refractivity contribution in [3.63, 3.8) is 0 Å². The van der Waals surface area contributed by atoms with Gasteiger partial charge in [0.15, 0.2) is 0 Å². The van der Waals surface area contributed by atoms with E-state index < -0.39 is 29.2 Å². The van der Waals surface area contributed by atoms with Gasteiger partial charge in [0, 0.05) is 36.8 Å². The fourth-order valence-corrected chi connectivity index (χ4v) is 4.11. The summed E-state index contributed by atoms with van der Waals surface area (Å²) >= 11 is 0. The summed E-state index contributed by atoms with van der Waals surface area (Å²) in [6.45, 7) is 6.55. The van der Waals surface area contributed by atoms with Crippen LogP contribution in [0.4, 0.5) is 0 Å². The predicted octanol–water partition coefficient (Wildman–Crippen LogP) is 3.90. The molecule has 2 aromatic carbocycles. The topological polar surface area (TPSA) is 120 Å². The molecule has 0 aromatic heterocycles. The Morgan fingerprint density at radius 1 is 1.00 bits per heavy atom. The molecular formula is C30H32N2O7. The molecule has 9 nitrogen and oxygen atoms in total. The summed E-state index contributed by atoms with van der Waals surface area (Å²) in [5, 5.41) is 6.80. The molecule has 1 amide bonds. The monoisotopic (exact) mass is 532 g/mol. The van der Waals surface area contributed by atoms with E-state index in [0.717, 1.165) is 25.0 Å². The second-order valence-electron chi connectivity index (χ2n) is 10.4. The summed E-state index contributed by atoms with van der Waals surface area (Å²) in [6, 6.07) is 12.9. The van der Waals surface area contributed by atoms with E-state index in [1.807, 2.05) is 0 Å². The van der Waals surface area contributed by atoms with Crippen LogP contribution in [0, 0.1) is 0 Å². The standard InChI is InChI=1S/C30H32N2O7/c1-30(2,3)38-29(36)25-17-24(32-39-25)20-11-13-22(14-12-20)28(35)27(34)21-9-6-19(7-10-21)8-15-26(33)31-18-23-5-4-16-37-23/h6-15,23,25H,4-5,16-18H2,1-3H3,(H,31,33). The lowest BCUT2D eigenvalue weighted by atomic mass is 9.98. The highest BCUT2D eigenvalue weighted by molar-refractivity contribution is 6.49. The molecule has 9 heteroatoms. The average molecular weight is 533 g/mol. The Kier molecular flexibility index (Phi) is 8.71. The number of nitrogens with zero attached hydrogens (tertiary/aromatic N) is 1. The zero-order chi connectivity index (χ0) is 28.0. The molecule has 0 saturated carbocycles. The second kappa shape index (κ2) is 12.2. The van der Waals surface area contributed by atoms with E-state index in [1.54, 1.807) is 75.4 Å². The van der Waals surface area contributed by atoms with Gasteiger partial charge < -0.3 is 19.6 Å². The number of esters is 1. The Bertz CT molecular complexity index is 1280. The van der Waals surface area contributed by atoms with E-state index >= 15 is 0 Å². The molecule has 1 N–H and O–H groups in total. The van der Waals surface area contributed by atoms with Crippen molar-refractivity contribution in [1.82, 2.24) is 5.32 Å². The van der Waals surface area contributed by atoms with Gasteiger partial charge >= 0.3 is 5.97 Å². The third-order valence-electron chi connectivity index (χ3n) is 6.15. The van der Waals surface area contributed by atoms with Gasteiger partial charge in [0.05, 0.1) is 11.8 Å². The zero-order valence-electron chi connectivity index (χ0n) is 22.3. The number of hydrogen-bond acceptors (Lipinski definition) is 8. The first-order valence-corrected chi connectivity index (χ1v) is 12.9. The number of Topliss-reactive ketones (excluding diaryl/α,β-unsaturated/α-hetero) is 2. The number of nitrogens with one attached hydrogen (secondary N) is 1. The Balaban J connectivity index is 1.30. The summed E-state index contributed by atoms with van der Waals surface area (Å²) in [7, 11) is 0. The van der Waals surface area contributed by atoms with Crippen LogP contribution in [0.25, 0.3) is 6.08 Å². The number of rotatable bonds is 9. The fourth-order valence-electron chi connectivity index (χ4n) is 4.11. The number of oxime groups is 1. The molecule has 4 rings (SSSR count). The average Bonchev–Trinajstić information content (AvgIpc) is 3.62. The van der Waals surface area contributed by atoms with E-state index in [0.29, 0.717) is 17.8 Å². The van der Waals surface area contributed by atoms with E-state index in [2.05, 4.69) is 10.5 Å². The van der Waals surface area contributed by atoms with Crippen molar-refractivity contribution in [2.75, 3.05) is 13.2 Å². The molecule has 0 bridgehead atoms. The van der Waals surface area contributed by atoms with Crippen LogP contribution in [0.3, 0.4) is 0 Å². The van der Waals surface area contributed by atoms with Crippen LogP contribution in [0.1, 0.15) is 71.9 Å². The van der Waals surface area contributed by atoms with Crippen molar-refractivity contribution < 1.29 is 33.5 Å². The molecule has 1 saturated heterocycles. The largest absolute Gasteiger partial charge is 0.457 e. The zero-order valence-corrected chi connectivity index (χ0v) is 22.3. The van der Waals surface area contributed by atoms with Crippen LogP contribution in [0.15, 0.2) is 59.8 Å². The molecule has 39 heavy (non-hydrogen) atoms. The Hall–Kier alpha value is -4.11. The third kappa shape index (κ3) is 7.70. The Morgan fingerprint density at radius 3 is 2.23 bits per heavy atom. The summed E-state index contributed by atoms with van der Waals surface area (Å²) in [4.78, 5) is 55.0. The number of carbonyl (C=O) groups is 4. The lowest BCUT2D eigenvalue weighted by molar-refractivity contribution is -0.166. The molecule has 2 unspecified atom stereocenters. The van der Waals surface area contributed by atoms with Gasteiger partial charge in [-0.3, -0.25) is 14.4 Å². The lowest BCUT2D eigenvalue weighted by Gasteiger charge is -2.20. The lowest BCUT2D eigenvalue weighted by Crippen LogP contribution is -2.32. The van der Waals surface area contributed by atoms with Crippen LogP contribution in [-0.2, 0) is 23.9 Å². The number of hydrogen-bond donors (Lipinski definition) is 1. The highest BCUT2D eigenvalue weighted by Crippen LogP contribution is 2.21. The predicted molar refractivity (Wildman–Crippen MR) is 144 cm³/mol. The Labute approximate surface area is 227 Å². The minimum Gasteiger partial charge on any atom is -0.457 e. The summed E-state index contributed by atoms with van der Waals surface area (Å²) in [6.07, 6.45) is 4.53. The van der Waals surface area contributed by atoms with Crippen molar-refractivity contribution in [3.8, 4) is 0 Å². The number of ketones is 2. The summed E-state index contributed by atoms with van der Waals surface area (Å²) in [5.74, 6) is -1.99. The van der Waals surface area contributed by atoms with Gasteiger partial charge in [-0.2, -0.15) is 0 Å². The normalized spacial score (nSPS) is 18.9. The molecule has 2 heterocycles. The molecule has 1 fully saturated rings. The Morgan fingerprint density at radius 2 is 1.64 bits per heavy atom. The highest BCUT2D eigenvalue weighted by atomic mass is 16.7. The first kappa shape index (κ1) is 27.9. The SMILES string of the molecule is CC(C)(C)OC(=O)C1CC(c2ccc(C(=O)C(=O)c3ccc(C=CC(=O)NCC4CCCO4)cc3)cc2)=NO1. The summed E-state index contributed by atoms with van der Waals surface area (Å²) in [5.41, 5.74) is 1.81. The van der Waals surface area contributed by atoms with Gasteiger partial charge in [0.2, 0.25) is 23.6 Å². The third-order valence-corrected chi connectivity index (χ3v) is 6.15. The molecule has 0 aliphatic carbocycles. The molecule has 0 radical (unpaired) electrons. The smallest absolute Gasteiger partial charge is 0.351 e. The van der Waals surface area contributed by atoms with Gasteiger partial charge in [-0.1, -0.05) is 53.7 Å². The first-order valence-electron chi connectivity index (χ1n) is 12.9. The van der Waals surface area contributed by atoms with Crippen LogP contribution in [0.5, 0.6) is 0 Å². The molecule has 0 spiro atoms. The van der Waals surface area contributed by atoms with E-state index in [1.165, 1.54) is 6.08 Å². The fraction of sp³-hybridized carbons (Fsp3) is 0.367. The minimum atomic E-state index is -0.819. The minimum absolute atomic E-state index is 0.0726. The van der Waals surface area contributed by atoms with Gasteiger partial charge in [0.25, 0.3) is 0 Å². The molecule has 2 atom stereocenters. The van der Waals surface area contributed by atoms with Gasteiger partial charge in [-0.15, -0.1) is 0 Å². The van der Waals surface area contributed by atoms with Crippen LogP contribution in [-0.4, -0.2) is 60.1 Å². The molecule has 2 aliphatic rings. The molecular weight excluding hydrogens is 500 g/mol. The molecule has 2 aromatic rings. The number of ether oxygens (including phenoxy) is 2. The van der Waals surface area contributed by atoms with E-state index in [4.69, 9.17) is 14.3 Å². The molecule has 204 valence electrons. The summed E-state index contributed by atoms with van der Waals surface area (Å²) < 4.78 is 10.8. The highest BCUT2D eigenvalue weighted by Gasteiger charge is 2.33.